The van der Waals surface area contributed by atoms with Gasteiger partial charge < -0.3 is 14.8 Å². The Morgan fingerprint density at radius 2 is 1.82 bits per heavy atom. The van der Waals surface area contributed by atoms with Crippen molar-refractivity contribution in [3.05, 3.63) is 90.4 Å². The molecule has 1 aromatic heterocycles. The van der Waals surface area contributed by atoms with E-state index < -0.39 is 10.0 Å². The summed E-state index contributed by atoms with van der Waals surface area (Å²) in [4.78, 5) is 8.83. The zero-order valence-corrected chi connectivity index (χ0v) is 21.8. The molecule has 0 unspecified atom stereocenters. The lowest BCUT2D eigenvalue weighted by molar-refractivity contribution is 0.379. The summed E-state index contributed by atoms with van der Waals surface area (Å²) >= 11 is 0. The average molecular weight is 527 g/mol. The van der Waals surface area contributed by atoms with E-state index in [1.807, 2.05) is 66.7 Å². The molecule has 9 heteroatoms. The van der Waals surface area contributed by atoms with E-state index in [1.54, 1.807) is 13.3 Å². The van der Waals surface area contributed by atoms with Crippen molar-refractivity contribution >= 4 is 32.4 Å². The number of methoxy groups -OCH3 is 1. The molecule has 1 aliphatic rings. The maximum atomic E-state index is 11.9. The zero-order chi connectivity index (χ0) is 26.5. The normalized spacial score (nSPS) is 13.3. The van der Waals surface area contributed by atoms with Gasteiger partial charge in [0.1, 0.15) is 17.9 Å². The molecule has 192 valence electrons. The lowest BCUT2D eigenvalue weighted by Gasteiger charge is -2.22. The Morgan fingerprint density at radius 1 is 0.974 bits per heavy atom. The summed E-state index contributed by atoms with van der Waals surface area (Å²) in [5.41, 5.74) is 3.10. The van der Waals surface area contributed by atoms with Gasteiger partial charge in [-0.1, -0.05) is 30.0 Å². The standard InChI is InChI=1S/C29H26N4O4S/c1-36-28-18-23(13-15-27(28)37-24-8-4-3-5-9-24)32-29-25-17-21(12-14-26(25)30-20-31-29)10-11-22-7-6-16-33(19-22)38(2,34)35/h3-5,8-9,12-15,17-20H,6-7,16H2,1-2H3,(H,30,31,32). The molecule has 5 rings (SSSR count). The minimum atomic E-state index is -3.28. The van der Waals surface area contributed by atoms with Gasteiger partial charge in [0.05, 0.1) is 18.9 Å². The van der Waals surface area contributed by atoms with Crippen LogP contribution in [0.4, 0.5) is 11.5 Å². The predicted molar refractivity (Wildman–Crippen MR) is 148 cm³/mol. The molecule has 0 fully saturated rings. The first-order valence-electron chi connectivity index (χ1n) is 12.0. The Morgan fingerprint density at radius 3 is 2.61 bits per heavy atom. The minimum Gasteiger partial charge on any atom is -0.493 e. The molecule has 1 aliphatic heterocycles. The van der Waals surface area contributed by atoms with Crippen molar-refractivity contribution in [3.8, 4) is 29.1 Å². The molecule has 0 saturated carbocycles. The molecular formula is C29H26N4O4S. The van der Waals surface area contributed by atoms with Crippen molar-refractivity contribution in [1.29, 1.82) is 0 Å². The fraction of sp³-hybridized carbons (Fsp3) is 0.172. The van der Waals surface area contributed by atoms with Gasteiger partial charge >= 0.3 is 0 Å². The molecule has 38 heavy (non-hydrogen) atoms. The smallest absolute Gasteiger partial charge is 0.231 e. The van der Waals surface area contributed by atoms with Crippen molar-refractivity contribution < 1.29 is 17.9 Å². The summed E-state index contributed by atoms with van der Waals surface area (Å²) in [5.74, 6) is 8.80. The highest BCUT2D eigenvalue weighted by Crippen LogP contribution is 2.35. The molecule has 0 bridgehead atoms. The number of rotatable bonds is 6. The zero-order valence-electron chi connectivity index (χ0n) is 21.0. The quantitative estimate of drug-likeness (QED) is 0.333. The van der Waals surface area contributed by atoms with Crippen LogP contribution < -0.4 is 14.8 Å². The molecule has 4 aromatic rings. The van der Waals surface area contributed by atoms with Crippen LogP contribution in [0.1, 0.15) is 18.4 Å². The first kappa shape index (κ1) is 25.1. The van der Waals surface area contributed by atoms with E-state index in [0.29, 0.717) is 23.9 Å². The number of para-hydroxylation sites is 1. The fourth-order valence-electron chi connectivity index (χ4n) is 4.05. The van der Waals surface area contributed by atoms with E-state index in [-0.39, 0.29) is 0 Å². The summed E-state index contributed by atoms with van der Waals surface area (Å²) < 4.78 is 36.6. The minimum absolute atomic E-state index is 0.483. The van der Waals surface area contributed by atoms with Crippen molar-refractivity contribution in [2.24, 2.45) is 0 Å². The highest BCUT2D eigenvalue weighted by molar-refractivity contribution is 7.88. The molecule has 0 saturated heterocycles. The number of ether oxygens (including phenoxy) is 2. The SMILES string of the molecule is COc1cc(Nc2ncnc3ccc(C#CC4=CN(S(C)(=O)=O)CCC4)cc23)ccc1Oc1ccccc1. The lowest BCUT2D eigenvalue weighted by atomic mass is 10.1. The topological polar surface area (TPSA) is 93.6 Å². The summed E-state index contributed by atoms with van der Waals surface area (Å²) in [5, 5.41) is 4.15. The van der Waals surface area contributed by atoms with Gasteiger partial charge in [-0.3, -0.25) is 4.31 Å². The van der Waals surface area contributed by atoms with Crippen LogP contribution in [0.3, 0.4) is 0 Å². The van der Waals surface area contributed by atoms with Crippen LogP contribution in [-0.4, -0.2) is 42.6 Å². The molecule has 0 spiro atoms. The highest BCUT2D eigenvalue weighted by Gasteiger charge is 2.17. The number of nitrogens with one attached hydrogen (secondary N) is 1. The van der Waals surface area contributed by atoms with Gasteiger partial charge in [-0.05, 0) is 55.3 Å². The number of hydrogen-bond acceptors (Lipinski definition) is 7. The molecule has 0 radical (unpaired) electrons. The number of allylic oxidation sites excluding steroid dienone is 1. The second-order valence-electron chi connectivity index (χ2n) is 8.74. The number of benzene rings is 3. The van der Waals surface area contributed by atoms with Gasteiger partial charge in [0.15, 0.2) is 11.5 Å². The number of aromatic nitrogens is 2. The van der Waals surface area contributed by atoms with Gasteiger partial charge in [-0.15, -0.1) is 0 Å². The molecule has 0 amide bonds. The van der Waals surface area contributed by atoms with Crippen LogP contribution in [0.15, 0.2) is 84.8 Å². The number of fused-ring (bicyclic) bond motifs is 1. The monoisotopic (exact) mass is 526 g/mol. The molecule has 3 aromatic carbocycles. The lowest BCUT2D eigenvalue weighted by Crippen LogP contribution is -2.28. The third-order valence-electron chi connectivity index (χ3n) is 5.95. The molecule has 0 atom stereocenters. The van der Waals surface area contributed by atoms with Crippen molar-refractivity contribution in [1.82, 2.24) is 14.3 Å². The van der Waals surface area contributed by atoms with Crippen molar-refractivity contribution in [2.75, 3.05) is 25.2 Å². The van der Waals surface area contributed by atoms with Gasteiger partial charge in [-0.2, -0.15) is 0 Å². The van der Waals surface area contributed by atoms with Gasteiger partial charge in [-0.25, -0.2) is 18.4 Å². The van der Waals surface area contributed by atoms with E-state index in [4.69, 9.17) is 9.47 Å². The Hall–Kier alpha value is -4.55. The molecule has 1 N–H and O–H groups in total. The molecule has 8 nitrogen and oxygen atoms in total. The number of sulfonamides is 1. The van der Waals surface area contributed by atoms with E-state index in [1.165, 1.54) is 16.9 Å². The average Bonchev–Trinajstić information content (AvgIpc) is 2.93. The fourth-order valence-corrected chi connectivity index (χ4v) is 4.83. The Labute approximate surface area is 222 Å². The number of hydrogen-bond donors (Lipinski definition) is 1. The largest absolute Gasteiger partial charge is 0.493 e. The summed E-state index contributed by atoms with van der Waals surface area (Å²) in [6, 6.07) is 20.8. The van der Waals surface area contributed by atoms with Gasteiger partial charge in [0.2, 0.25) is 10.0 Å². The third kappa shape index (κ3) is 5.88. The second-order valence-corrected chi connectivity index (χ2v) is 10.7. The van der Waals surface area contributed by atoms with E-state index in [0.717, 1.165) is 46.3 Å². The van der Waals surface area contributed by atoms with Crippen molar-refractivity contribution in [3.63, 3.8) is 0 Å². The summed E-state index contributed by atoms with van der Waals surface area (Å²) in [6.45, 7) is 0.483. The van der Waals surface area contributed by atoms with E-state index >= 15 is 0 Å². The maximum absolute atomic E-state index is 11.9. The van der Waals surface area contributed by atoms with Crippen LogP contribution in [0.5, 0.6) is 17.2 Å². The molecule has 0 aliphatic carbocycles. The van der Waals surface area contributed by atoms with Crippen LogP contribution in [-0.2, 0) is 10.0 Å². The summed E-state index contributed by atoms with van der Waals surface area (Å²) in [6.07, 6.45) is 5.83. The van der Waals surface area contributed by atoms with E-state index in [2.05, 4.69) is 27.1 Å². The van der Waals surface area contributed by atoms with E-state index in [9.17, 15) is 8.42 Å². The highest BCUT2D eigenvalue weighted by atomic mass is 32.2. The maximum Gasteiger partial charge on any atom is 0.231 e. The third-order valence-corrected chi connectivity index (χ3v) is 7.09. The Balaban J connectivity index is 1.41. The van der Waals surface area contributed by atoms with Crippen LogP contribution in [0.2, 0.25) is 0 Å². The second kappa shape index (κ2) is 10.8. The van der Waals surface area contributed by atoms with Crippen LogP contribution >= 0.6 is 0 Å². The first-order chi connectivity index (χ1) is 18.4. The predicted octanol–water partition coefficient (Wildman–Crippen LogP) is 5.47. The summed E-state index contributed by atoms with van der Waals surface area (Å²) in [7, 11) is -1.69. The van der Waals surface area contributed by atoms with Gasteiger partial charge in [0.25, 0.3) is 0 Å². The molecular weight excluding hydrogens is 500 g/mol. The van der Waals surface area contributed by atoms with Gasteiger partial charge in [0, 0.05) is 41.0 Å². The molecule has 2 heterocycles. The number of anilines is 2. The van der Waals surface area contributed by atoms with Crippen LogP contribution in [0.25, 0.3) is 10.9 Å². The number of nitrogens with zero attached hydrogens (tertiary/aromatic N) is 3. The Kier molecular flexibility index (Phi) is 7.15. The first-order valence-corrected chi connectivity index (χ1v) is 13.9. The van der Waals surface area contributed by atoms with Crippen LogP contribution in [0, 0.1) is 11.8 Å². The Bertz CT molecular complexity index is 1680. The van der Waals surface area contributed by atoms with Crippen molar-refractivity contribution in [2.45, 2.75) is 12.8 Å².